The summed E-state index contributed by atoms with van der Waals surface area (Å²) in [5.74, 6) is -0.633. The number of ether oxygens (including phenoxy) is 2. The molecule has 106 valence electrons. The Bertz CT molecular complexity index is 276. The summed E-state index contributed by atoms with van der Waals surface area (Å²) < 4.78 is 44.7. The van der Waals surface area contributed by atoms with Crippen LogP contribution in [0.3, 0.4) is 0 Å². The monoisotopic (exact) mass is 270 g/mol. The van der Waals surface area contributed by atoms with E-state index in [4.69, 9.17) is 4.74 Å². The van der Waals surface area contributed by atoms with Gasteiger partial charge in [-0.05, 0) is 13.3 Å². The number of esters is 1. The molecule has 0 amide bonds. The van der Waals surface area contributed by atoms with E-state index in [0.717, 1.165) is 0 Å². The first kappa shape index (κ1) is 16.9. The third kappa shape index (κ3) is 10.1. The van der Waals surface area contributed by atoms with Crippen LogP contribution >= 0.6 is 0 Å². The van der Waals surface area contributed by atoms with Gasteiger partial charge in [-0.1, -0.05) is 6.58 Å². The minimum Gasteiger partial charge on any atom is -0.460 e. The van der Waals surface area contributed by atoms with Crippen molar-refractivity contribution >= 4 is 5.97 Å². The van der Waals surface area contributed by atoms with Crippen LogP contribution in [-0.2, 0) is 14.3 Å². The van der Waals surface area contributed by atoms with Gasteiger partial charge in [0.15, 0.2) is 0 Å². The molecule has 18 heavy (non-hydrogen) atoms. The average molecular weight is 270 g/mol. The summed E-state index contributed by atoms with van der Waals surface area (Å²) in [4.78, 5) is 10.9. The molecule has 0 bridgehead atoms. The van der Waals surface area contributed by atoms with E-state index < -0.39 is 24.7 Å². The minimum atomic E-state index is -4.20. The van der Waals surface area contributed by atoms with Crippen molar-refractivity contribution in [1.82, 2.24) is 0 Å². The second-order valence-corrected chi connectivity index (χ2v) is 3.83. The first-order chi connectivity index (χ1) is 8.22. The van der Waals surface area contributed by atoms with Crippen molar-refractivity contribution in [1.29, 1.82) is 0 Å². The SMILES string of the molecule is C=C(C)C(=O)OCC(O)COCCCC(F)(F)F. The molecule has 1 unspecified atom stereocenters. The lowest BCUT2D eigenvalue weighted by molar-refractivity contribution is -0.144. The molecule has 0 heterocycles. The van der Waals surface area contributed by atoms with E-state index in [1.165, 1.54) is 6.92 Å². The van der Waals surface area contributed by atoms with Crippen molar-refractivity contribution in [3.63, 3.8) is 0 Å². The van der Waals surface area contributed by atoms with Crippen molar-refractivity contribution in [2.24, 2.45) is 0 Å². The highest BCUT2D eigenvalue weighted by atomic mass is 19.4. The summed E-state index contributed by atoms with van der Waals surface area (Å²) in [6, 6.07) is 0. The van der Waals surface area contributed by atoms with Crippen LogP contribution < -0.4 is 0 Å². The van der Waals surface area contributed by atoms with Gasteiger partial charge in [0.05, 0.1) is 6.61 Å². The third-order valence-corrected chi connectivity index (χ3v) is 1.81. The van der Waals surface area contributed by atoms with E-state index in [1.807, 2.05) is 0 Å². The molecular weight excluding hydrogens is 253 g/mol. The van der Waals surface area contributed by atoms with Crippen molar-refractivity contribution in [3.8, 4) is 0 Å². The molecule has 0 aromatic rings. The number of halogens is 3. The molecule has 7 heteroatoms. The van der Waals surface area contributed by atoms with Gasteiger partial charge in [0, 0.05) is 18.6 Å². The van der Waals surface area contributed by atoms with E-state index in [-0.39, 0.29) is 31.8 Å². The smallest absolute Gasteiger partial charge is 0.389 e. The minimum absolute atomic E-state index is 0.106. The van der Waals surface area contributed by atoms with Crippen LogP contribution in [0.15, 0.2) is 12.2 Å². The first-order valence-electron chi connectivity index (χ1n) is 5.37. The van der Waals surface area contributed by atoms with Gasteiger partial charge in [-0.3, -0.25) is 0 Å². The van der Waals surface area contributed by atoms with Crippen LogP contribution in [0.4, 0.5) is 13.2 Å². The average Bonchev–Trinajstić information content (AvgIpc) is 2.23. The molecule has 0 aliphatic heterocycles. The summed E-state index contributed by atoms with van der Waals surface area (Å²) in [6.45, 7) is 4.25. The van der Waals surface area contributed by atoms with Crippen LogP contribution in [0.5, 0.6) is 0 Å². The van der Waals surface area contributed by atoms with Crippen LogP contribution in [0.1, 0.15) is 19.8 Å². The highest BCUT2D eigenvalue weighted by Crippen LogP contribution is 2.20. The fourth-order valence-corrected chi connectivity index (χ4v) is 0.937. The Morgan fingerprint density at radius 2 is 2.00 bits per heavy atom. The molecule has 0 aromatic carbocycles. The van der Waals surface area contributed by atoms with E-state index in [1.54, 1.807) is 0 Å². The van der Waals surface area contributed by atoms with Gasteiger partial charge in [-0.15, -0.1) is 0 Å². The molecule has 0 saturated carbocycles. The highest BCUT2D eigenvalue weighted by Gasteiger charge is 2.25. The molecule has 0 aliphatic carbocycles. The summed E-state index contributed by atoms with van der Waals surface area (Å²) in [6.07, 6.45) is -6.34. The maximum Gasteiger partial charge on any atom is 0.389 e. The first-order valence-corrected chi connectivity index (χ1v) is 5.37. The largest absolute Gasteiger partial charge is 0.460 e. The molecule has 1 atom stereocenters. The van der Waals surface area contributed by atoms with Gasteiger partial charge >= 0.3 is 12.1 Å². The number of rotatable bonds is 8. The highest BCUT2D eigenvalue weighted by molar-refractivity contribution is 5.86. The molecule has 1 N–H and O–H groups in total. The van der Waals surface area contributed by atoms with E-state index >= 15 is 0 Å². The van der Waals surface area contributed by atoms with Crippen molar-refractivity contribution in [2.75, 3.05) is 19.8 Å². The normalized spacial score (nSPS) is 13.2. The molecule has 0 fully saturated rings. The second kappa shape index (κ2) is 8.10. The van der Waals surface area contributed by atoms with Gasteiger partial charge < -0.3 is 14.6 Å². The maximum atomic E-state index is 11.8. The zero-order valence-electron chi connectivity index (χ0n) is 10.1. The Morgan fingerprint density at radius 3 is 2.50 bits per heavy atom. The molecule has 4 nitrogen and oxygen atoms in total. The number of alkyl halides is 3. The number of hydrogen-bond acceptors (Lipinski definition) is 4. The predicted molar refractivity (Wildman–Crippen MR) is 57.9 cm³/mol. The zero-order valence-corrected chi connectivity index (χ0v) is 10.1. The van der Waals surface area contributed by atoms with Gasteiger partial charge in [0.1, 0.15) is 12.7 Å². The molecule has 0 aliphatic rings. The summed E-state index contributed by atoms with van der Waals surface area (Å²) in [5.41, 5.74) is 0.202. The van der Waals surface area contributed by atoms with Gasteiger partial charge in [-0.25, -0.2) is 4.79 Å². The predicted octanol–water partition coefficient (Wildman–Crippen LogP) is 1.83. The Morgan fingerprint density at radius 1 is 1.39 bits per heavy atom. The number of carbonyl (C=O) groups is 1. The van der Waals surface area contributed by atoms with Crippen LogP contribution in [0.25, 0.3) is 0 Å². The van der Waals surface area contributed by atoms with Gasteiger partial charge in [-0.2, -0.15) is 13.2 Å². The Kier molecular flexibility index (Phi) is 7.61. The van der Waals surface area contributed by atoms with E-state index in [2.05, 4.69) is 11.3 Å². The lowest BCUT2D eigenvalue weighted by Gasteiger charge is -2.12. The Labute approximate surface area is 103 Å². The number of aliphatic hydroxyl groups is 1. The van der Waals surface area contributed by atoms with E-state index in [9.17, 15) is 23.1 Å². The van der Waals surface area contributed by atoms with Crippen molar-refractivity contribution in [2.45, 2.75) is 32.0 Å². The Balaban J connectivity index is 3.51. The summed E-state index contributed by atoms with van der Waals surface area (Å²) in [7, 11) is 0. The Hall–Kier alpha value is -1.08. The van der Waals surface area contributed by atoms with Crippen molar-refractivity contribution < 1.29 is 32.5 Å². The zero-order chi connectivity index (χ0) is 14.2. The lowest BCUT2D eigenvalue weighted by Crippen LogP contribution is -2.24. The molecule has 0 aromatic heterocycles. The van der Waals surface area contributed by atoms with Crippen molar-refractivity contribution in [3.05, 3.63) is 12.2 Å². The molecular formula is C11H17F3O4. The topological polar surface area (TPSA) is 55.8 Å². The summed E-state index contributed by atoms with van der Waals surface area (Å²) in [5, 5.41) is 9.28. The van der Waals surface area contributed by atoms with Crippen LogP contribution in [0, 0.1) is 0 Å². The molecule has 0 rings (SSSR count). The number of carbonyl (C=O) groups excluding carboxylic acids is 1. The fourth-order valence-electron chi connectivity index (χ4n) is 0.937. The molecule has 0 spiro atoms. The van der Waals surface area contributed by atoms with Crippen LogP contribution in [0.2, 0.25) is 0 Å². The third-order valence-electron chi connectivity index (χ3n) is 1.81. The lowest BCUT2D eigenvalue weighted by atomic mass is 10.3. The summed E-state index contributed by atoms with van der Waals surface area (Å²) >= 11 is 0. The standard InChI is InChI=1S/C11H17F3O4/c1-8(2)10(16)18-7-9(15)6-17-5-3-4-11(12,13)14/h9,15H,1,3-7H2,2H3. The molecule has 0 radical (unpaired) electrons. The quantitative estimate of drug-likeness (QED) is 0.415. The fraction of sp³-hybridized carbons (Fsp3) is 0.727. The second-order valence-electron chi connectivity index (χ2n) is 3.83. The van der Waals surface area contributed by atoms with Gasteiger partial charge in [0.2, 0.25) is 0 Å². The van der Waals surface area contributed by atoms with Gasteiger partial charge in [0.25, 0.3) is 0 Å². The van der Waals surface area contributed by atoms with Crippen LogP contribution in [-0.4, -0.2) is 43.2 Å². The maximum absolute atomic E-state index is 11.8. The number of aliphatic hydroxyl groups excluding tert-OH is 1. The number of hydrogen-bond donors (Lipinski definition) is 1. The van der Waals surface area contributed by atoms with E-state index in [0.29, 0.717) is 0 Å². The molecule has 0 saturated heterocycles.